The molecule has 0 aromatic rings. The van der Waals surface area contributed by atoms with Crippen molar-refractivity contribution in [2.24, 2.45) is 11.7 Å². The molecule has 0 unspecified atom stereocenters. The van der Waals surface area contributed by atoms with Gasteiger partial charge >= 0.3 is 0 Å². The van der Waals surface area contributed by atoms with Gasteiger partial charge in [0.2, 0.25) is 0 Å². The Hall–Kier alpha value is -0.0800. The highest BCUT2D eigenvalue weighted by Crippen LogP contribution is 2.10. The minimum Gasteiger partial charge on any atom is -0.328 e. The molecule has 0 radical (unpaired) electrons. The van der Waals surface area contributed by atoms with Gasteiger partial charge in [0, 0.05) is 6.04 Å². The summed E-state index contributed by atoms with van der Waals surface area (Å²) >= 11 is 0. The van der Waals surface area contributed by atoms with Crippen molar-refractivity contribution in [3.05, 3.63) is 0 Å². The van der Waals surface area contributed by atoms with Gasteiger partial charge in [-0.2, -0.15) is 0 Å². The van der Waals surface area contributed by atoms with E-state index in [1.54, 1.807) is 0 Å². The van der Waals surface area contributed by atoms with Crippen LogP contribution >= 0.6 is 0 Å². The van der Waals surface area contributed by atoms with Crippen LogP contribution in [0.4, 0.5) is 0 Å². The molecule has 1 heterocycles. The normalized spacial score (nSPS) is 21.2. The molecule has 2 N–H and O–H groups in total. The third-order valence-electron chi connectivity index (χ3n) is 2.89. The second kappa shape index (κ2) is 5.61. The first-order chi connectivity index (χ1) is 6.18. The first-order valence-corrected chi connectivity index (χ1v) is 5.66. The lowest BCUT2D eigenvalue weighted by Crippen LogP contribution is -2.40. The lowest BCUT2D eigenvalue weighted by atomic mass is 10.0. The van der Waals surface area contributed by atoms with E-state index < -0.39 is 0 Å². The predicted molar refractivity (Wildman–Crippen MR) is 57.7 cm³/mol. The molecule has 0 bridgehead atoms. The first-order valence-electron chi connectivity index (χ1n) is 5.66. The van der Waals surface area contributed by atoms with Gasteiger partial charge in [0.25, 0.3) is 0 Å². The largest absolute Gasteiger partial charge is 0.328 e. The zero-order valence-corrected chi connectivity index (χ0v) is 9.13. The molecular weight excluding hydrogens is 160 g/mol. The number of hydrogen-bond acceptors (Lipinski definition) is 2. The Bertz CT molecular complexity index is 126. The Morgan fingerprint density at radius 2 is 1.92 bits per heavy atom. The third-order valence-corrected chi connectivity index (χ3v) is 2.89. The minimum atomic E-state index is 0.473. The summed E-state index contributed by atoms with van der Waals surface area (Å²) in [6.07, 6.45) is 5.11. The molecular formula is C11H24N2. The molecule has 1 aliphatic rings. The van der Waals surface area contributed by atoms with E-state index >= 15 is 0 Å². The smallest absolute Gasteiger partial charge is 0.00631 e. The SMILES string of the molecule is CC(C)CCCN1CCC(N)CC1. The summed E-state index contributed by atoms with van der Waals surface area (Å²) in [4.78, 5) is 2.56. The van der Waals surface area contributed by atoms with E-state index in [1.807, 2.05) is 0 Å². The van der Waals surface area contributed by atoms with Gasteiger partial charge in [0.15, 0.2) is 0 Å². The van der Waals surface area contributed by atoms with Gasteiger partial charge in [-0.15, -0.1) is 0 Å². The van der Waals surface area contributed by atoms with Crippen molar-refractivity contribution in [2.75, 3.05) is 19.6 Å². The molecule has 0 aliphatic carbocycles. The van der Waals surface area contributed by atoms with Crippen molar-refractivity contribution in [1.82, 2.24) is 4.90 Å². The molecule has 1 saturated heterocycles. The van der Waals surface area contributed by atoms with E-state index in [2.05, 4.69) is 18.7 Å². The lowest BCUT2D eigenvalue weighted by molar-refractivity contribution is 0.207. The van der Waals surface area contributed by atoms with Gasteiger partial charge < -0.3 is 10.6 Å². The van der Waals surface area contributed by atoms with E-state index in [4.69, 9.17) is 5.73 Å². The van der Waals surface area contributed by atoms with Crippen LogP contribution in [-0.2, 0) is 0 Å². The molecule has 0 saturated carbocycles. The zero-order chi connectivity index (χ0) is 9.68. The quantitative estimate of drug-likeness (QED) is 0.722. The second-order valence-corrected chi connectivity index (χ2v) is 4.72. The summed E-state index contributed by atoms with van der Waals surface area (Å²) in [5, 5.41) is 0. The highest BCUT2D eigenvalue weighted by Gasteiger charge is 2.14. The van der Waals surface area contributed by atoms with Crippen LogP contribution in [-0.4, -0.2) is 30.6 Å². The van der Waals surface area contributed by atoms with Crippen molar-refractivity contribution in [1.29, 1.82) is 0 Å². The number of likely N-dealkylation sites (tertiary alicyclic amines) is 1. The number of nitrogens with zero attached hydrogens (tertiary/aromatic N) is 1. The molecule has 0 atom stereocenters. The van der Waals surface area contributed by atoms with Gasteiger partial charge in [-0.1, -0.05) is 13.8 Å². The van der Waals surface area contributed by atoms with Crippen LogP contribution in [0, 0.1) is 5.92 Å². The Balaban J connectivity index is 2.02. The maximum absolute atomic E-state index is 5.85. The van der Waals surface area contributed by atoms with Crippen molar-refractivity contribution >= 4 is 0 Å². The summed E-state index contributed by atoms with van der Waals surface area (Å²) in [5.74, 6) is 0.854. The van der Waals surface area contributed by atoms with E-state index in [-0.39, 0.29) is 0 Å². The van der Waals surface area contributed by atoms with Gasteiger partial charge in [-0.25, -0.2) is 0 Å². The summed E-state index contributed by atoms with van der Waals surface area (Å²) in [5.41, 5.74) is 5.85. The average Bonchev–Trinajstić information content (AvgIpc) is 2.08. The molecule has 0 amide bonds. The van der Waals surface area contributed by atoms with E-state index in [0.29, 0.717) is 6.04 Å². The Labute approximate surface area is 82.5 Å². The van der Waals surface area contributed by atoms with Gasteiger partial charge in [-0.3, -0.25) is 0 Å². The number of rotatable bonds is 4. The van der Waals surface area contributed by atoms with E-state index in [9.17, 15) is 0 Å². The highest BCUT2D eigenvalue weighted by molar-refractivity contribution is 4.73. The average molecular weight is 184 g/mol. The van der Waals surface area contributed by atoms with Crippen LogP contribution < -0.4 is 5.73 Å². The van der Waals surface area contributed by atoms with Crippen molar-refractivity contribution < 1.29 is 0 Å². The van der Waals surface area contributed by atoms with Crippen LogP contribution in [0.3, 0.4) is 0 Å². The van der Waals surface area contributed by atoms with Crippen LogP contribution in [0.5, 0.6) is 0 Å². The van der Waals surface area contributed by atoms with E-state index in [0.717, 1.165) is 5.92 Å². The lowest BCUT2D eigenvalue weighted by Gasteiger charge is -2.30. The summed E-state index contributed by atoms with van der Waals surface area (Å²) in [6.45, 7) is 8.32. The van der Waals surface area contributed by atoms with Crippen LogP contribution in [0.2, 0.25) is 0 Å². The maximum atomic E-state index is 5.85. The topological polar surface area (TPSA) is 29.3 Å². The Morgan fingerprint density at radius 3 is 2.46 bits per heavy atom. The molecule has 13 heavy (non-hydrogen) atoms. The Morgan fingerprint density at radius 1 is 1.31 bits per heavy atom. The zero-order valence-electron chi connectivity index (χ0n) is 9.13. The van der Waals surface area contributed by atoms with Crippen LogP contribution in [0.15, 0.2) is 0 Å². The van der Waals surface area contributed by atoms with Crippen molar-refractivity contribution in [2.45, 2.75) is 45.6 Å². The second-order valence-electron chi connectivity index (χ2n) is 4.72. The van der Waals surface area contributed by atoms with Crippen molar-refractivity contribution in [3.63, 3.8) is 0 Å². The fraction of sp³-hybridized carbons (Fsp3) is 1.00. The number of hydrogen-bond donors (Lipinski definition) is 1. The Kier molecular flexibility index (Phi) is 4.74. The maximum Gasteiger partial charge on any atom is 0.00631 e. The van der Waals surface area contributed by atoms with Gasteiger partial charge in [0.05, 0.1) is 0 Å². The first kappa shape index (κ1) is 11.0. The van der Waals surface area contributed by atoms with Crippen molar-refractivity contribution in [3.8, 4) is 0 Å². The summed E-state index contributed by atoms with van der Waals surface area (Å²) in [7, 11) is 0. The highest BCUT2D eigenvalue weighted by atomic mass is 15.1. The van der Waals surface area contributed by atoms with Crippen LogP contribution in [0.1, 0.15) is 39.5 Å². The molecule has 1 aliphatic heterocycles. The molecule has 2 heteroatoms. The number of piperidine rings is 1. The van der Waals surface area contributed by atoms with E-state index in [1.165, 1.54) is 45.3 Å². The van der Waals surface area contributed by atoms with Gasteiger partial charge in [-0.05, 0) is 51.2 Å². The molecule has 0 aromatic heterocycles. The molecule has 0 spiro atoms. The fourth-order valence-electron chi connectivity index (χ4n) is 1.90. The fourth-order valence-corrected chi connectivity index (χ4v) is 1.90. The minimum absolute atomic E-state index is 0.473. The predicted octanol–water partition coefficient (Wildman–Crippen LogP) is 1.85. The molecule has 2 nitrogen and oxygen atoms in total. The molecule has 78 valence electrons. The third kappa shape index (κ3) is 4.63. The molecule has 0 aromatic carbocycles. The monoisotopic (exact) mass is 184 g/mol. The number of nitrogens with two attached hydrogens (primary N) is 1. The summed E-state index contributed by atoms with van der Waals surface area (Å²) < 4.78 is 0. The standard InChI is InChI=1S/C11H24N2/c1-10(2)4-3-7-13-8-5-11(12)6-9-13/h10-11H,3-9,12H2,1-2H3. The van der Waals surface area contributed by atoms with Crippen LogP contribution in [0.25, 0.3) is 0 Å². The van der Waals surface area contributed by atoms with Gasteiger partial charge in [0.1, 0.15) is 0 Å². The molecule has 1 rings (SSSR count). The molecule has 1 fully saturated rings. The summed E-state index contributed by atoms with van der Waals surface area (Å²) in [6, 6.07) is 0.473.